The van der Waals surface area contributed by atoms with Gasteiger partial charge in [-0.1, -0.05) is 18.2 Å². The van der Waals surface area contributed by atoms with Gasteiger partial charge in [-0.2, -0.15) is 0 Å². The average Bonchev–Trinajstić information content (AvgIpc) is 2.40. The van der Waals surface area contributed by atoms with Crippen LogP contribution in [0, 0.1) is 5.92 Å². The summed E-state index contributed by atoms with van der Waals surface area (Å²) >= 11 is 0. The molecule has 0 amide bonds. The number of nitrogen functional groups attached to an aromatic ring is 1. The van der Waals surface area contributed by atoms with Gasteiger partial charge in [0.05, 0.1) is 12.5 Å². The van der Waals surface area contributed by atoms with Gasteiger partial charge in [0.15, 0.2) is 0 Å². The van der Waals surface area contributed by atoms with Crippen LogP contribution in [-0.2, 0) is 9.53 Å². The molecular formula is C15H21NO2. The highest BCUT2D eigenvalue weighted by molar-refractivity contribution is 5.72. The molecule has 0 aromatic heterocycles. The third-order valence-corrected chi connectivity index (χ3v) is 3.78. The van der Waals surface area contributed by atoms with E-state index in [4.69, 9.17) is 10.5 Å². The molecule has 18 heavy (non-hydrogen) atoms. The van der Waals surface area contributed by atoms with Crippen molar-refractivity contribution < 1.29 is 9.53 Å². The molecule has 0 spiro atoms. The maximum absolute atomic E-state index is 11.7. The second-order valence-electron chi connectivity index (χ2n) is 4.93. The predicted octanol–water partition coefficient (Wildman–Crippen LogP) is 3.11. The number of esters is 1. The van der Waals surface area contributed by atoms with E-state index >= 15 is 0 Å². The molecule has 1 aromatic rings. The zero-order valence-corrected chi connectivity index (χ0v) is 10.9. The fraction of sp³-hybridized carbons (Fsp3) is 0.533. The molecule has 0 radical (unpaired) electrons. The number of para-hydroxylation sites is 1. The molecule has 2 rings (SSSR count). The Hall–Kier alpha value is -1.51. The molecule has 1 saturated carbocycles. The third-order valence-electron chi connectivity index (χ3n) is 3.78. The zero-order valence-electron chi connectivity index (χ0n) is 10.9. The van der Waals surface area contributed by atoms with Crippen LogP contribution in [0.25, 0.3) is 0 Å². The first-order valence-electron chi connectivity index (χ1n) is 6.73. The van der Waals surface area contributed by atoms with Gasteiger partial charge in [-0.25, -0.2) is 0 Å². The SMILES string of the molecule is CCOC(=O)C1CCC(c2ccccc2N)CC1. The minimum absolute atomic E-state index is 0.0306. The Balaban J connectivity index is 1.95. The smallest absolute Gasteiger partial charge is 0.308 e. The number of rotatable bonds is 3. The van der Waals surface area contributed by atoms with Crippen molar-refractivity contribution in [3.8, 4) is 0 Å². The Morgan fingerprint density at radius 3 is 2.56 bits per heavy atom. The maximum atomic E-state index is 11.7. The number of hydrogen-bond donors (Lipinski definition) is 1. The van der Waals surface area contributed by atoms with E-state index in [0.717, 1.165) is 31.4 Å². The quantitative estimate of drug-likeness (QED) is 0.659. The monoisotopic (exact) mass is 247 g/mol. The number of benzene rings is 1. The average molecular weight is 247 g/mol. The number of hydrogen-bond acceptors (Lipinski definition) is 3. The van der Waals surface area contributed by atoms with Crippen molar-refractivity contribution in [1.82, 2.24) is 0 Å². The van der Waals surface area contributed by atoms with Crippen LogP contribution in [0.3, 0.4) is 0 Å². The van der Waals surface area contributed by atoms with Gasteiger partial charge in [-0.05, 0) is 50.2 Å². The van der Waals surface area contributed by atoms with Crippen LogP contribution in [0.2, 0.25) is 0 Å². The molecule has 3 nitrogen and oxygen atoms in total. The summed E-state index contributed by atoms with van der Waals surface area (Å²) in [6, 6.07) is 8.05. The fourth-order valence-electron chi connectivity index (χ4n) is 2.78. The van der Waals surface area contributed by atoms with Crippen molar-refractivity contribution in [3.05, 3.63) is 29.8 Å². The Morgan fingerprint density at radius 2 is 1.94 bits per heavy atom. The van der Waals surface area contributed by atoms with E-state index in [2.05, 4.69) is 6.07 Å². The summed E-state index contributed by atoms with van der Waals surface area (Å²) in [5.74, 6) is 0.556. The fourth-order valence-corrected chi connectivity index (χ4v) is 2.78. The lowest BCUT2D eigenvalue weighted by Crippen LogP contribution is -2.23. The van der Waals surface area contributed by atoms with E-state index in [1.165, 1.54) is 5.56 Å². The molecule has 0 saturated heterocycles. The largest absolute Gasteiger partial charge is 0.466 e. The number of carbonyl (C=O) groups excluding carboxylic acids is 1. The molecule has 0 aliphatic heterocycles. The van der Waals surface area contributed by atoms with Gasteiger partial charge in [0.25, 0.3) is 0 Å². The zero-order chi connectivity index (χ0) is 13.0. The first-order valence-corrected chi connectivity index (χ1v) is 6.73. The van der Waals surface area contributed by atoms with E-state index in [0.29, 0.717) is 12.5 Å². The number of carbonyl (C=O) groups is 1. The Morgan fingerprint density at radius 1 is 1.28 bits per heavy atom. The number of anilines is 1. The predicted molar refractivity (Wildman–Crippen MR) is 72.2 cm³/mol. The van der Waals surface area contributed by atoms with Crippen LogP contribution in [0.5, 0.6) is 0 Å². The van der Waals surface area contributed by atoms with Gasteiger partial charge in [0.2, 0.25) is 0 Å². The van der Waals surface area contributed by atoms with Gasteiger partial charge in [0.1, 0.15) is 0 Å². The highest BCUT2D eigenvalue weighted by Crippen LogP contribution is 2.38. The van der Waals surface area contributed by atoms with Crippen LogP contribution in [-0.4, -0.2) is 12.6 Å². The molecule has 0 unspecified atom stereocenters. The van der Waals surface area contributed by atoms with Gasteiger partial charge in [-0.3, -0.25) is 4.79 Å². The van der Waals surface area contributed by atoms with Crippen LogP contribution < -0.4 is 5.73 Å². The Kier molecular flexibility index (Phi) is 4.24. The summed E-state index contributed by atoms with van der Waals surface area (Å²) in [4.78, 5) is 11.7. The standard InChI is InChI=1S/C15H21NO2/c1-2-18-15(17)12-9-7-11(8-10-12)13-5-3-4-6-14(13)16/h3-6,11-12H,2,7-10,16H2,1H3. The summed E-state index contributed by atoms with van der Waals surface area (Å²) in [5, 5.41) is 0. The van der Waals surface area contributed by atoms with Crippen molar-refractivity contribution in [3.63, 3.8) is 0 Å². The minimum Gasteiger partial charge on any atom is -0.466 e. The van der Waals surface area contributed by atoms with Crippen LogP contribution >= 0.6 is 0 Å². The Labute approximate surface area is 108 Å². The minimum atomic E-state index is -0.0306. The van der Waals surface area contributed by atoms with Crippen LogP contribution in [0.4, 0.5) is 5.69 Å². The molecule has 2 N–H and O–H groups in total. The van der Waals surface area contributed by atoms with Gasteiger partial charge < -0.3 is 10.5 Å². The lowest BCUT2D eigenvalue weighted by Gasteiger charge is -2.28. The molecule has 1 aliphatic rings. The number of nitrogens with two attached hydrogens (primary N) is 1. The third kappa shape index (κ3) is 2.84. The lowest BCUT2D eigenvalue weighted by atomic mass is 9.78. The van der Waals surface area contributed by atoms with Crippen molar-refractivity contribution in [2.45, 2.75) is 38.5 Å². The van der Waals surface area contributed by atoms with E-state index < -0.39 is 0 Å². The lowest BCUT2D eigenvalue weighted by molar-refractivity contribution is -0.149. The van der Waals surface area contributed by atoms with Crippen molar-refractivity contribution in [2.75, 3.05) is 12.3 Å². The molecule has 1 aromatic carbocycles. The molecule has 98 valence electrons. The Bertz CT molecular complexity index is 409. The summed E-state index contributed by atoms with van der Waals surface area (Å²) in [7, 11) is 0. The summed E-state index contributed by atoms with van der Waals surface area (Å²) in [6.45, 7) is 2.33. The van der Waals surface area contributed by atoms with Gasteiger partial charge >= 0.3 is 5.97 Å². The second-order valence-corrected chi connectivity index (χ2v) is 4.93. The van der Waals surface area contributed by atoms with Crippen molar-refractivity contribution in [1.29, 1.82) is 0 Å². The second kappa shape index (κ2) is 5.89. The molecule has 1 aliphatic carbocycles. The molecule has 1 fully saturated rings. The van der Waals surface area contributed by atoms with E-state index in [9.17, 15) is 4.79 Å². The van der Waals surface area contributed by atoms with Gasteiger partial charge in [-0.15, -0.1) is 0 Å². The summed E-state index contributed by atoms with van der Waals surface area (Å²) in [6.07, 6.45) is 3.88. The first kappa shape index (κ1) is 12.9. The van der Waals surface area contributed by atoms with Crippen LogP contribution in [0.15, 0.2) is 24.3 Å². The molecule has 0 heterocycles. The highest BCUT2D eigenvalue weighted by Gasteiger charge is 2.28. The molecule has 3 heteroatoms. The molecule has 0 bridgehead atoms. The van der Waals surface area contributed by atoms with Gasteiger partial charge in [0, 0.05) is 5.69 Å². The number of ether oxygens (including phenoxy) is 1. The molecule has 0 atom stereocenters. The van der Waals surface area contributed by atoms with Crippen LogP contribution in [0.1, 0.15) is 44.1 Å². The molecular weight excluding hydrogens is 226 g/mol. The first-order chi connectivity index (χ1) is 8.72. The highest BCUT2D eigenvalue weighted by atomic mass is 16.5. The van der Waals surface area contributed by atoms with E-state index in [1.807, 2.05) is 25.1 Å². The topological polar surface area (TPSA) is 52.3 Å². The van der Waals surface area contributed by atoms with Crippen molar-refractivity contribution in [2.24, 2.45) is 5.92 Å². The van der Waals surface area contributed by atoms with E-state index in [1.54, 1.807) is 0 Å². The maximum Gasteiger partial charge on any atom is 0.308 e. The normalized spacial score (nSPS) is 23.6. The summed E-state index contributed by atoms with van der Waals surface area (Å²) in [5.41, 5.74) is 8.11. The summed E-state index contributed by atoms with van der Waals surface area (Å²) < 4.78 is 5.08. The van der Waals surface area contributed by atoms with Crippen molar-refractivity contribution >= 4 is 11.7 Å². The van der Waals surface area contributed by atoms with E-state index in [-0.39, 0.29) is 11.9 Å².